The number of rotatable bonds is 1. The number of halogens is 2. The van der Waals surface area contributed by atoms with Crippen LogP contribution in [0.3, 0.4) is 0 Å². The Balaban J connectivity index is 0.000000602. The van der Waals surface area contributed by atoms with Crippen LogP contribution in [-0.4, -0.2) is 3.21 Å². The van der Waals surface area contributed by atoms with Crippen LogP contribution in [-0.2, 0) is 24.2 Å². The molecule has 0 nitrogen and oxygen atoms in total. The fourth-order valence-electron chi connectivity index (χ4n) is 2.38. The van der Waals surface area contributed by atoms with E-state index in [2.05, 4.69) is 75.4 Å². The molecule has 0 radical (unpaired) electrons. The zero-order valence-electron chi connectivity index (χ0n) is 12.5. The zero-order chi connectivity index (χ0) is 13.8. The van der Waals surface area contributed by atoms with Gasteiger partial charge in [-0.3, -0.25) is 0 Å². The van der Waals surface area contributed by atoms with Gasteiger partial charge in [-0.2, -0.15) is 5.56 Å². The zero-order valence-corrected chi connectivity index (χ0v) is 16.5. The first-order chi connectivity index (χ1) is 9.09. The van der Waals surface area contributed by atoms with Gasteiger partial charge in [-0.1, -0.05) is 37.3 Å². The van der Waals surface area contributed by atoms with Crippen LogP contribution >= 0.6 is 0 Å². The van der Waals surface area contributed by atoms with Crippen LogP contribution in [0.15, 0.2) is 54.6 Å². The van der Waals surface area contributed by atoms with Crippen LogP contribution < -0.4 is 24.8 Å². The van der Waals surface area contributed by atoms with Crippen molar-refractivity contribution in [3.05, 3.63) is 65.8 Å². The van der Waals surface area contributed by atoms with Crippen LogP contribution in [0.25, 0.3) is 10.8 Å². The Morgan fingerprint density at radius 1 is 1.05 bits per heavy atom. The van der Waals surface area contributed by atoms with Crippen molar-refractivity contribution in [3.63, 3.8) is 0 Å². The first kappa shape index (κ1) is 20.6. The van der Waals surface area contributed by atoms with Crippen LogP contribution in [0.4, 0.5) is 0 Å². The fourth-order valence-corrected chi connectivity index (χ4v) is 2.38. The second kappa shape index (κ2) is 9.62. The molecule has 0 aromatic heterocycles. The van der Waals surface area contributed by atoms with Crippen molar-refractivity contribution >= 4 is 14.0 Å². The van der Waals surface area contributed by atoms with E-state index in [1.807, 2.05) is 0 Å². The molecule has 1 aliphatic carbocycles. The Kier molecular flexibility index (Phi) is 9.45. The summed E-state index contributed by atoms with van der Waals surface area (Å²) in [5.74, 6) is 0.484. The monoisotopic (exact) mass is 395 g/mol. The van der Waals surface area contributed by atoms with Gasteiger partial charge in [-0.15, -0.1) is 40.6 Å². The number of allylic oxidation sites excluding steroid dienone is 4. The van der Waals surface area contributed by atoms with Crippen LogP contribution in [0.1, 0.15) is 30.9 Å². The second-order valence-electron chi connectivity index (χ2n) is 5.11. The Labute approximate surface area is 154 Å². The molecule has 0 heterocycles. The maximum atomic E-state index is 2.31. The minimum Gasteiger partial charge on any atom is -1.00 e. The van der Waals surface area contributed by atoms with Gasteiger partial charge in [0.2, 0.25) is 0 Å². The Morgan fingerprint density at radius 3 is 2.10 bits per heavy atom. The molecule has 0 aliphatic heterocycles. The third kappa shape index (κ3) is 5.40. The van der Waals surface area contributed by atoms with E-state index in [1.165, 1.54) is 25.1 Å². The smallest absolute Gasteiger partial charge is 0.00306 e. The van der Waals surface area contributed by atoms with Gasteiger partial charge in [0, 0.05) is 5.92 Å². The second-order valence-corrected chi connectivity index (χ2v) is 7.57. The summed E-state index contributed by atoms with van der Waals surface area (Å²) in [6, 6.07) is 10.9. The van der Waals surface area contributed by atoms with E-state index in [1.54, 1.807) is 24.2 Å². The van der Waals surface area contributed by atoms with Gasteiger partial charge >= 0.3 is 41.3 Å². The predicted octanol–water partition coefficient (Wildman–Crippen LogP) is -1.17. The largest absolute Gasteiger partial charge is 1.00 e. The standard InChI is InChI=1S/C15H13.C3H6.2ClH.Zr/c1-11-14-9-5-4-8-13(14)10-15(11)12-6-2-3-7-12;1-3-2;;;/h2-10,12H,1H3;1-2H3;2*1H;/q-1;;;;+2/p-2. The molecule has 3 rings (SSSR count). The quantitative estimate of drug-likeness (QED) is 0.532. The normalized spacial score (nSPS) is 12.4. The summed E-state index contributed by atoms with van der Waals surface area (Å²) in [5, 5.41) is 2.75. The number of aryl methyl sites for hydroxylation is 1. The topological polar surface area (TPSA) is 0 Å². The molecule has 0 atom stereocenters. The molecule has 3 heteroatoms. The minimum atomic E-state index is 0. The SMILES string of the molecule is C[C](C)=[Zr+2].Cc1c(C2C=CC=C2)[cH-]c2ccccc12.[Cl-].[Cl-]. The third-order valence-electron chi connectivity index (χ3n) is 3.22. The van der Waals surface area contributed by atoms with Crippen LogP contribution in [0.2, 0.25) is 0 Å². The molecule has 0 unspecified atom stereocenters. The summed E-state index contributed by atoms with van der Waals surface area (Å²) in [6.45, 7) is 6.47. The average molecular weight is 397 g/mol. The van der Waals surface area contributed by atoms with E-state index in [0.29, 0.717) is 5.92 Å². The molecule has 2 aromatic rings. The predicted molar refractivity (Wildman–Crippen MR) is 81.7 cm³/mol. The molecule has 0 saturated carbocycles. The number of hydrogen-bond donors (Lipinski definition) is 0. The molecule has 110 valence electrons. The molecular weight excluding hydrogens is 378 g/mol. The summed E-state index contributed by atoms with van der Waals surface area (Å²) in [6.07, 6.45) is 8.76. The van der Waals surface area contributed by atoms with Crippen molar-refractivity contribution in [3.8, 4) is 0 Å². The molecule has 21 heavy (non-hydrogen) atoms. The first-order valence-electron chi connectivity index (χ1n) is 6.61. The Hall–Kier alpha value is -0.357. The fraction of sp³-hybridized carbons (Fsp3) is 0.222. The maximum Gasteiger partial charge on any atom is 0.00306 e. The van der Waals surface area contributed by atoms with Crippen molar-refractivity contribution in [1.29, 1.82) is 0 Å². The summed E-state index contributed by atoms with van der Waals surface area (Å²) >= 11 is 1.55. The summed E-state index contributed by atoms with van der Waals surface area (Å²) in [5.41, 5.74) is 2.87. The molecular formula is C18H19Cl2Zr-. The molecule has 1 aliphatic rings. The number of benzene rings is 1. The van der Waals surface area contributed by atoms with E-state index in [0.717, 1.165) is 0 Å². The van der Waals surface area contributed by atoms with Gasteiger partial charge in [0.05, 0.1) is 0 Å². The van der Waals surface area contributed by atoms with E-state index in [9.17, 15) is 0 Å². The van der Waals surface area contributed by atoms with Gasteiger partial charge in [0.15, 0.2) is 0 Å². The number of fused-ring (bicyclic) bond motifs is 1. The van der Waals surface area contributed by atoms with Crippen molar-refractivity contribution < 1.29 is 49.0 Å². The van der Waals surface area contributed by atoms with Crippen LogP contribution in [0.5, 0.6) is 0 Å². The number of hydrogen-bond acceptors (Lipinski definition) is 0. The van der Waals surface area contributed by atoms with Gasteiger partial charge in [0.1, 0.15) is 0 Å². The summed E-state index contributed by atoms with van der Waals surface area (Å²) in [7, 11) is 0. The Morgan fingerprint density at radius 2 is 1.57 bits per heavy atom. The minimum absolute atomic E-state index is 0. The van der Waals surface area contributed by atoms with Crippen molar-refractivity contribution in [2.45, 2.75) is 26.7 Å². The molecule has 2 aromatic carbocycles. The summed E-state index contributed by atoms with van der Waals surface area (Å²) in [4.78, 5) is 0. The third-order valence-corrected chi connectivity index (χ3v) is 3.22. The molecule has 0 amide bonds. The van der Waals surface area contributed by atoms with Crippen molar-refractivity contribution in [2.75, 3.05) is 0 Å². The average Bonchev–Trinajstić information content (AvgIpc) is 2.97. The van der Waals surface area contributed by atoms with Crippen molar-refractivity contribution in [1.82, 2.24) is 0 Å². The van der Waals surface area contributed by atoms with E-state index in [4.69, 9.17) is 0 Å². The Bertz CT molecular complexity index is 634. The molecule has 0 N–H and O–H groups in total. The summed E-state index contributed by atoms with van der Waals surface area (Å²) < 4.78 is 1.51. The first-order valence-corrected chi connectivity index (χ1v) is 7.84. The van der Waals surface area contributed by atoms with Crippen LogP contribution in [0, 0.1) is 6.92 Å². The van der Waals surface area contributed by atoms with Gasteiger partial charge < -0.3 is 24.8 Å². The van der Waals surface area contributed by atoms with E-state index in [-0.39, 0.29) is 24.8 Å². The van der Waals surface area contributed by atoms with Gasteiger partial charge in [-0.05, 0) is 0 Å². The van der Waals surface area contributed by atoms with E-state index < -0.39 is 0 Å². The molecule has 0 fully saturated rings. The van der Waals surface area contributed by atoms with Gasteiger partial charge in [0.25, 0.3) is 0 Å². The van der Waals surface area contributed by atoms with E-state index >= 15 is 0 Å². The van der Waals surface area contributed by atoms with Gasteiger partial charge in [-0.25, -0.2) is 0 Å². The maximum absolute atomic E-state index is 2.31. The molecule has 0 saturated heterocycles. The van der Waals surface area contributed by atoms with Crippen molar-refractivity contribution in [2.24, 2.45) is 0 Å². The molecule has 0 bridgehead atoms. The molecule has 0 spiro atoms.